The van der Waals surface area contributed by atoms with Crippen LogP contribution in [0.1, 0.15) is 28.8 Å². The van der Waals surface area contributed by atoms with Crippen molar-refractivity contribution in [3.8, 4) is 0 Å². The molecule has 0 spiro atoms. The molecule has 0 aromatic heterocycles. The Kier molecular flexibility index (Phi) is 7.74. The first-order valence-corrected chi connectivity index (χ1v) is 10.5. The number of rotatable bonds is 7. The molecular weight excluding hydrogens is 421 g/mol. The van der Waals surface area contributed by atoms with Gasteiger partial charge in [0.15, 0.2) is 0 Å². The predicted octanol–water partition coefficient (Wildman–Crippen LogP) is 3.61. The number of halogens is 3. The molecule has 1 saturated heterocycles. The van der Waals surface area contributed by atoms with E-state index in [0.29, 0.717) is 30.8 Å². The molecule has 0 bridgehead atoms. The van der Waals surface area contributed by atoms with Gasteiger partial charge in [0.05, 0.1) is 11.3 Å². The Balaban J connectivity index is 1.56. The Morgan fingerprint density at radius 3 is 2.34 bits per heavy atom. The molecule has 0 radical (unpaired) electrons. The molecule has 9 heteroatoms. The summed E-state index contributed by atoms with van der Waals surface area (Å²) in [6.07, 6.45) is -4.29. The standard InChI is InChI=1S/C23H27F3N4O2/c1-29-12-14-30(15-13-29)18-9-10-20(19(16-18)23(24,25)26)28-21(31)8-5-11-27-22(32)17-6-3-2-4-7-17/h2-4,6-7,9-10,16H,5,8,11-15H2,1H3,(H,27,32)(H,28,31). The monoisotopic (exact) mass is 448 g/mol. The Morgan fingerprint density at radius 2 is 1.69 bits per heavy atom. The summed E-state index contributed by atoms with van der Waals surface area (Å²) in [6.45, 7) is 3.10. The van der Waals surface area contributed by atoms with E-state index < -0.39 is 17.6 Å². The molecule has 2 N–H and O–H groups in total. The fourth-order valence-corrected chi connectivity index (χ4v) is 3.49. The quantitative estimate of drug-likeness (QED) is 0.636. The summed E-state index contributed by atoms with van der Waals surface area (Å²) >= 11 is 0. The molecule has 0 saturated carbocycles. The van der Waals surface area contributed by atoms with Gasteiger partial charge < -0.3 is 20.4 Å². The molecule has 1 aliphatic rings. The maximum absolute atomic E-state index is 13.6. The molecule has 0 atom stereocenters. The first-order valence-electron chi connectivity index (χ1n) is 10.5. The number of anilines is 2. The van der Waals surface area contributed by atoms with E-state index in [4.69, 9.17) is 0 Å². The molecule has 0 aliphatic carbocycles. The van der Waals surface area contributed by atoms with Crippen molar-refractivity contribution >= 4 is 23.2 Å². The Morgan fingerprint density at radius 1 is 1.00 bits per heavy atom. The molecule has 2 aromatic rings. The average molecular weight is 448 g/mol. The van der Waals surface area contributed by atoms with Crippen molar-refractivity contribution in [2.24, 2.45) is 0 Å². The van der Waals surface area contributed by atoms with Crippen molar-refractivity contribution in [3.05, 3.63) is 59.7 Å². The Labute approximate surface area is 185 Å². The number of benzene rings is 2. The summed E-state index contributed by atoms with van der Waals surface area (Å²) in [5.74, 6) is -0.790. The molecular formula is C23H27F3N4O2. The van der Waals surface area contributed by atoms with Crippen molar-refractivity contribution < 1.29 is 22.8 Å². The first kappa shape index (κ1) is 23.6. The van der Waals surface area contributed by atoms with Crippen LogP contribution >= 0.6 is 0 Å². The number of likely N-dealkylation sites (N-methyl/N-ethyl adjacent to an activating group) is 1. The van der Waals surface area contributed by atoms with E-state index in [-0.39, 0.29) is 24.6 Å². The average Bonchev–Trinajstić information content (AvgIpc) is 2.77. The van der Waals surface area contributed by atoms with Gasteiger partial charge in [-0.15, -0.1) is 0 Å². The van der Waals surface area contributed by atoms with E-state index in [1.54, 1.807) is 36.4 Å². The van der Waals surface area contributed by atoms with Crippen LogP contribution < -0.4 is 15.5 Å². The molecule has 6 nitrogen and oxygen atoms in total. The zero-order chi connectivity index (χ0) is 23.1. The van der Waals surface area contributed by atoms with Gasteiger partial charge in [0.1, 0.15) is 0 Å². The van der Waals surface area contributed by atoms with Crippen molar-refractivity contribution in [1.82, 2.24) is 10.2 Å². The summed E-state index contributed by atoms with van der Waals surface area (Å²) in [5.41, 5.74) is -0.118. The van der Waals surface area contributed by atoms with Gasteiger partial charge in [-0.2, -0.15) is 13.2 Å². The van der Waals surface area contributed by atoms with E-state index in [1.165, 1.54) is 6.07 Å². The minimum absolute atomic E-state index is 0.00736. The van der Waals surface area contributed by atoms with E-state index in [0.717, 1.165) is 19.2 Å². The third-order valence-electron chi connectivity index (χ3n) is 5.35. The number of amides is 2. The largest absolute Gasteiger partial charge is 0.418 e. The number of hydrogen-bond donors (Lipinski definition) is 2. The topological polar surface area (TPSA) is 64.7 Å². The predicted molar refractivity (Wildman–Crippen MR) is 118 cm³/mol. The number of nitrogens with one attached hydrogen (secondary N) is 2. The second kappa shape index (κ2) is 10.5. The summed E-state index contributed by atoms with van der Waals surface area (Å²) < 4.78 is 40.9. The number of hydrogen-bond acceptors (Lipinski definition) is 4. The number of nitrogens with zero attached hydrogens (tertiary/aromatic N) is 2. The van der Waals surface area contributed by atoms with Crippen LogP contribution in [0.2, 0.25) is 0 Å². The molecule has 172 valence electrons. The van der Waals surface area contributed by atoms with E-state index in [9.17, 15) is 22.8 Å². The Hall–Kier alpha value is -3.07. The van der Waals surface area contributed by atoms with Crippen molar-refractivity contribution in [2.75, 3.05) is 50.0 Å². The van der Waals surface area contributed by atoms with Crippen molar-refractivity contribution in [3.63, 3.8) is 0 Å². The minimum Gasteiger partial charge on any atom is -0.369 e. The van der Waals surface area contributed by atoms with Gasteiger partial charge in [0, 0.05) is 50.4 Å². The number of carbonyl (C=O) groups is 2. The van der Waals surface area contributed by atoms with Gasteiger partial charge in [-0.05, 0) is 43.8 Å². The lowest BCUT2D eigenvalue weighted by molar-refractivity contribution is -0.136. The van der Waals surface area contributed by atoms with Crippen LogP contribution in [0, 0.1) is 0 Å². The molecule has 0 unspecified atom stereocenters. The second-order valence-corrected chi connectivity index (χ2v) is 7.79. The minimum atomic E-state index is -4.59. The molecule has 2 amide bonds. The van der Waals surface area contributed by atoms with Crippen LogP contribution in [0.5, 0.6) is 0 Å². The second-order valence-electron chi connectivity index (χ2n) is 7.79. The van der Waals surface area contributed by atoms with Crippen LogP contribution in [0.25, 0.3) is 0 Å². The number of carbonyl (C=O) groups excluding carboxylic acids is 2. The van der Waals surface area contributed by atoms with Gasteiger partial charge >= 0.3 is 6.18 Å². The lowest BCUT2D eigenvalue weighted by Gasteiger charge is -2.34. The number of alkyl halides is 3. The summed E-state index contributed by atoms with van der Waals surface area (Å²) in [5, 5.41) is 5.07. The third-order valence-corrected chi connectivity index (χ3v) is 5.35. The highest BCUT2D eigenvalue weighted by atomic mass is 19.4. The van der Waals surface area contributed by atoms with Gasteiger partial charge in [-0.3, -0.25) is 9.59 Å². The van der Waals surface area contributed by atoms with Gasteiger partial charge in [-0.1, -0.05) is 18.2 Å². The van der Waals surface area contributed by atoms with Crippen LogP contribution in [0.15, 0.2) is 48.5 Å². The highest BCUT2D eigenvalue weighted by Gasteiger charge is 2.35. The van der Waals surface area contributed by atoms with Gasteiger partial charge in [0.25, 0.3) is 5.91 Å². The van der Waals surface area contributed by atoms with Crippen LogP contribution in [-0.4, -0.2) is 56.5 Å². The Bertz CT molecular complexity index is 927. The fraction of sp³-hybridized carbons (Fsp3) is 0.391. The maximum atomic E-state index is 13.6. The molecule has 1 aliphatic heterocycles. The smallest absolute Gasteiger partial charge is 0.369 e. The zero-order valence-electron chi connectivity index (χ0n) is 17.9. The van der Waals surface area contributed by atoms with E-state index in [1.807, 2.05) is 11.9 Å². The molecule has 3 rings (SSSR count). The summed E-state index contributed by atoms with van der Waals surface area (Å²) in [4.78, 5) is 28.2. The maximum Gasteiger partial charge on any atom is 0.418 e. The lowest BCUT2D eigenvalue weighted by Crippen LogP contribution is -2.44. The third kappa shape index (κ3) is 6.46. The fourth-order valence-electron chi connectivity index (χ4n) is 3.49. The summed E-state index contributed by atoms with van der Waals surface area (Å²) in [7, 11) is 1.98. The van der Waals surface area contributed by atoms with Gasteiger partial charge in [-0.25, -0.2) is 0 Å². The highest BCUT2D eigenvalue weighted by molar-refractivity contribution is 5.94. The molecule has 1 fully saturated rings. The normalized spacial score (nSPS) is 14.8. The molecule has 1 heterocycles. The van der Waals surface area contributed by atoms with Crippen molar-refractivity contribution in [1.29, 1.82) is 0 Å². The van der Waals surface area contributed by atoms with Gasteiger partial charge in [0.2, 0.25) is 5.91 Å². The first-order chi connectivity index (χ1) is 15.2. The van der Waals surface area contributed by atoms with Crippen LogP contribution in [0.4, 0.5) is 24.5 Å². The lowest BCUT2D eigenvalue weighted by atomic mass is 10.1. The highest BCUT2D eigenvalue weighted by Crippen LogP contribution is 2.37. The zero-order valence-corrected chi connectivity index (χ0v) is 17.9. The summed E-state index contributed by atoms with van der Waals surface area (Å²) in [6, 6.07) is 12.7. The van der Waals surface area contributed by atoms with Crippen molar-refractivity contribution in [2.45, 2.75) is 19.0 Å². The van der Waals surface area contributed by atoms with Crippen LogP contribution in [0.3, 0.4) is 0 Å². The molecule has 2 aromatic carbocycles. The van der Waals surface area contributed by atoms with E-state index in [2.05, 4.69) is 15.5 Å². The van der Waals surface area contributed by atoms with Crippen LogP contribution in [-0.2, 0) is 11.0 Å². The van der Waals surface area contributed by atoms with E-state index >= 15 is 0 Å². The number of piperazine rings is 1. The SMILES string of the molecule is CN1CCN(c2ccc(NC(=O)CCCNC(=O)c3ccccc3)c(C(F)(F)F)c2)CC1. The molecule has 32 heavy (non-hydrogen) atoms.